The maximum Gasteiger partial charge on any atom is 0.306 e. The number of carbonyl (C=O) groups is 2. The van der Waals surface area contributed by atoms with Gasteiger partial charge in [0.1, 0.15) is 6.61 Å². The number of allylic oxidation sites excluding steroid dienone is 6. The fraction of sp³-hybridized carbons (Fsp3) is 0.846. The van der Waals surface area contributed by atoms with Gasteiger partial charge in [0.25, 0.3) is 0 Å². The fourth-order valence-electron chi connectivity index (χ4n) is 7.45. The van der Waals surface area contributed by atoms with Crippen LogP contribution in [-0.4, -0.2) is 36.4 Å². The standard InChI is InChI=1S/C52H96O5/c1-3-5-7-9-11-13-15-17-19-20-21-22-23-24-25-26-27-28-29-30-31-33-34-36-38-40-42-44-46-51(54)56-49-50(48-53)57-52(55)47-45-43-41-39-37-35-32-18-16-14-12-10-8-6-4-2/h6,8,12,14,18,32,50,53H,3-5,7,9-11,13,15-17,19-31,33-49H2,1-2H3/b8-6-,14-12-,32-18-. The summed E-state index contributed by atoms with van der Waals surface area (Å²) >= 11 is 0. The van der Waals surface area contributed by atoms with Crippen LogP contribution in [0.3, 0.4) is 0 Å². The lowest BCUT2D eigenvalue weighted by Gasteiger charge is -2.15. The molecule has 57 heavy (non-hydrogen) atoms. The van der Waals surface area contributed by atoms with Crippen LogP contribution in [0.25, 0.3) is 0 Å². The Labute approximate surface area is 355 Å². The minimum atomic E-state index is -0.778. The molecule has 1 atom stereocenters. The Morgan fingerprint density at radius 1 is 0.421 bits per heavy atom. The lowest BCUT2D eigenvalue weighted by Crippen LogP contribution is -2.28. The second-order valence-electron chi connectivity index (χ2n) is 16.9. The van der Waals surface area contributed by atoms with Gasteiger partial charge in [-0.25, -0.2) is 0 Å². The molecule has 0 aromatic rings. The lowest BCUT2D eigenvalue weighted by molar-refractivity contribution is -0.161. The molecule has 0 saturated carbocycles. The highest BCUT2D eigenvalue weighted by Crippen LogP contribution is 2.17. The first-order valence-corrected chi connectivity index (χ1v) is 25.0. The van der Waals surface area contributed by atoms with Crippen molar-refractivity contribution < 1.29 is 24.2 Å². The van der Waals surface area contributed by atoms with Crippen LogP contribution >= 0.6 is 0 Å². The highest BCUT2D eigenvalue weighted by Gasteiger charge is 2.16. The molecule has 0 aromatic heterocycles. The monoisotopic (exact) mass is 801 g/mol. The average Bonchev–Trinajstić information content (AvgIpc) is 3.21. The molecule has 0 saturated heterocycles. The van der Waals surface area contributed by atoms with Crippen LogP contribution < -0.4 is 0 Å². The number of esters is 2. The molecule has 0 rings (SSSR count). The van der Waals surface area contributed by atoms with Gasteiger partial charge in [0, 0.05) is 12.8 Å². The second-order valence-corrected chi connectivity index (χ2v) is 16.9. The van der Waals surface area contributed by atoms with Crippen LogP contribution in [0.1, 0.15) is 264 Å². The van der Waals surface area contributed by atoms with Crippen LogP contribution in [0.4, 0.5) is 0 Å². The van der Waals surface area contributed by atoms with E-state index in [1.807, 2.05) is 0 Å². The molecule has 0 fully saturated rings. The zero-order valence-corrected chi connectivity index (χ0v) is 38.1. The van der Waals surface area contributed by atoms with Crippen molar-refractivity contribution in [3.05, 3.63) is 36.5 Å². The molecule has 0 aliphatic heterocycles. The highest BCUT2D eigenvalue weighted by atomic mass is 16.6. The lowest BCUT2D eigenvalue weighted by atomic mass is 10.0. The number of hydrogen-bond acceptors (Lipinski definition) is 5. The summed E-state index contributed by atoms with van der Waals surface area (Å²) in [6, 6.07) is 0. The number of aliphatic hydroxyl groups is 1. The number of carbonyl (C=O) groups excluding carboxylic acids is 2. The van der Waals surface area contributed by atoms with Gasteiger partial charge in [0.15, 0.2) is 6.10 Å². The zero-order chi connectivity index (χ0) is 41.4. The van der Waals surface area contributed by atoms with E-state index in [0.717, 1.165) is 70.6 Å². The SMILES string of the molecule is CC/C=C\C/C=C\C/C=C\CCCCCCCC(=O)OC(CO)COC(=O)CCCCCCCCCCCCCCCCCCCCCCCCCCCCCC. The Kier molecular flexibility index (Phi) is 46.9. The Bertz CT molecular complexity index is 908. The highest BCUT2D eigenvalue weighted by molar-refractivity contribution is 5.70. The molecule has 5 heteroatoms. The number of aliphatic hydroxyl groups excluding tert-OH is 1. The van der Waals surface area contributed by atoms with E-state index in [-0.39, 0.29) is 25.2 Å². The first kappa shape index (κ1) is 55.1. The fourth-order valence-corrected chi connectivity index (χ4v) is 7.45. The zero-order valence-electron chi connectivity index (χ0n) is 38.1. The number of rotatable bonds is 46. The van der Waals surface area contributed by atoms with E-state index < -0.39 is 6.10 Å². The molecule has 0 spiro atoms. The summed E-state index contributed by atoms with van der Waals surface area (Å²) in [7, 11) is 0. The molecule has 0 heterocycles. The maximum atomic E-state index is 12.2. The molecule has 0 aromatic carbocycles. The molecule has 1 unspecified atom stereocenters. The minimum absolute atomic E-state index is 0.0696. The van der Waals surface area contributed by atoms with Crippen molar-refractivity contribution in [2.75, 3.05) is 13.2 Å². The molecular weight excluding hydrogens is 705 g/mol. The number of hydrogen-bond donors (Lipinski definition) is 1. The van der Waals surface area contributed by atoms with Gasteiger partial charge < -0.3 is 14.6 Å². The van der Waals surface area contributed by atoms with E-state index in [9.17, 15) is 14.7 Å². The molecular formula is C52H96O5. The van der Waals surface area contributed by atoms with Gasteiger partial charge in [0.2, 0.25) is 0 Å². The van der Waals surface area contributed by atoms with Crippen molar-refractivity contribution in [3.63, 3.8) is 0 Å². The Hall–Kier alpha value is -1.88. The molecule has 0 aliphatic carbocycles. The average molecular weight is 801 g/mol. The van der Waals surface area contributed by atoms with Crippen molar-refractivity contribution in [1.82, 2.24) is 0 Å². The first-order chi connectivity index (χ1) is 28.1. The molecule has 0 radical (unpaired) electrons. The molecule has 1 N–H and O–H groups in total. The summed E-state index contributed by atoms with van der Waals surface area (Å²) in [5.41, 5.74) is 0. The maximum absolute atomic E-state index is 12.2. The molecule has 5 nitrogen and oxygen atoms in total. The van der Waals surface area contributed by atoms with E-state index >= 15 is 0 Å². The van der Waals surface area contributed by atoms with Crippen LogP contribution in [-0.2, 0) is 19.1 Å². The summed E-state index contributed by atoms with van der Waals surface area (Å²) in [4.78, 5) is 24.4. The van der Waals surface area contributed by atoms with Gasteiger partial charge in [-0.1, -0.05) is 243 Å². The normalized spacial score (nSPS) is 12.4. The molecule has 0 bridgehead atoms. The van der Waals surface area contributed by atoms with E-state index in [0.29, 0.717) is 12.8 Å². The topological polar surface area (TPSA) is 72.8 Å². The van der Waals surface area contributed by atoms with Gasteiger partial charge in [0.05, 0.1) is 6.61 Å². The molecule has 0 aliphatic rings. The molecule has 0 amide bonds. The van der Waals surface area contributed by atoms with Crippen molar-refractivity contribution in [2.45, 2.75) is 270 Å². The Morgan fingerprint density at radius 3 is 1.14 bits per heavy atom. The van der Waals surface area contributed by atoms with Crippen molar-refractivity contribution in [2.24, 2.45) is 0 Å². The molecule has 334 valence electrons. The summed E-state index contributed by atoms with van der Waals surface area (Å²) in [6.07, 6.45) is 61.1. The quantitative estimate of drug-likeness (QED) is 0.0377. The van der Waals surface area contributed by atoms with Gasteiger partial charge >= 0.3 is 11.9 Å². The third kappa shape index (κ3) is 46.7. The van der Waals surface area contributed by atoms with Crippen molar-refractivity contribution >= 4 is 11.9 Å². The minimum Gasteiger partial charge on any atom is -0.462 e. The van der Waals surface area contributed by atoms with Gasteiger partial charge in [-0.15, -0.1) is 0 Å². The van der Waals surface area contributed by atoms with E-state index in [1.165, 1.54) is 167 Å². The predicted octanol–water partition coefficient (Wildman–Crippen LogP) is 16.4. The van der Waals surface area contributed by atoms with Crippen molar-refractivity contribution in [3.8, 4) is 0 Å². The van der Waals surface area contributed by atoms with Gasteiger partial charge in [-0.3, -0.25) is 9.59 Å². The largest absolute Gasteiger partial charge is 0.462 e. The summed E-state index contributed by atoms with van der Waals surface area (Å²) in [5, 5.41) is 9.60. The van der Waals surface area contributed by atoms with Crippen molar-refractivity contribution in [1.29, 1.82) is 0 Å². The van der Waals surface area contributed by atoms with E-state index in [2.05, 4.69) is 50.3 Å². The van der Waals surface area contributed by atoms with Gasteiger partial charge in [-0.05, 0) is 44.9 Å². The van der Waals surface area contributed by atoms with Crippen LogP contribution in [0.15, 0.2) is 36.5 Å². The Morgan fingerprint density at radius 2 is 0.754 bits per heavy atom. The van der Waals surface area contributed by atoms with E-state index in [4.69, 9.17) is 9.47 Å². The van der Waals surface area contributed by atoms with Crippen LogP contribution in [0, 0.1) is 0 Å². The third-order valence-corrected chi connectivity index (χ3v) is 11.2. The third-order valence-electron chi connectivity index (χ3n) is 11.2. The summed E-state index contributed by atoms with van der Waals surface area (Å²) in [6.45, 7) is 4.04. The number of unbranched alkanes of at least 4 members (excludes halogenated alkanes) is 32. The van der Waals surface area contributed by atoms with Crippen LogP contribution in [0.5, 0.6) is 0 Å². The van der Waals surface area contributed by atoms with Crippen LogP contribution in [0.2, 0.25) is 0 Å². The Balaban J connectivity index is 3.43. The predicted molar refractivity (Wildman–Crippen MR) is 247 cm³/mol. The summed E-state index contributed by atoms with van der Waals surface area (Å²) in [5.74, 6) is -0.600. The van der Waals surface area contributed by atoms with E-state index in [1.54, 1.807) is 0 Å². The van der Waals surface area contributed by atoms with Gasteiger partial charge in [-0.2, -0.15) is 0 Å². The smallest absolute Gasteiger partial charge is 0.306 e. The number of ether oxygens (including phenoxy) is 2. The second kappa shape index (κ2) is 48.5. The first-order valence-electron chi connectivity index (χ1n) is 25.0. The summed E-state index contributed by atoms with van der Waals surface area (Å²) < 4.78 is 10.6.